The van der Waals surface area contributed by atoms with Crippen molar-refractivity contribution in [3.05, 3.63) is 11.9 Å². The largest absolute Gasteiger partial charge is 0.481 e. The van der Waals surface area contributed by atoms with Crippen LogP contribution in [-0.4, -0.2) is 38.4 Å². The highest BCUT2D eigenvalue weighted by atomic mass is 16.4. The molecule has 0 saturated heterocycles. The molecule has 7 heteroatoms. The van der Waals surface area contributed by atoms with E-state index in [1.54, 1.807) is 6.92 Å². The van der Waals surface area contributed by atoms with Crippen molar-refractivity contribution < 1.29 is 14.7 Å². The molecule has 1 fully saturated rings. The predicted octanol–water partition coefficient (Wildman–Crippen LogP) is 0.568. The van der Waals surface area contributed by atoms with Crippen LogP contribution >= 0.6 is 0 Å². The molecule has 1 aliphatic rings. The van der Waals surface area contributed by atoms with Gasteiger partial charge in [-0.05, 0) is 19.8 Å². The third-order valence-electron chi connectivity index (χ3n) is 3.65. The number of aromatic amines is 1. The van der Waals surface area contributed by atoms with Gasteiger partial charge in [0, 0.05) is 6.04 Å². The molecule has 18 heavy (non-hydrogen) atoms. The van der Waals surface area contributed by atoms with Crippen LogP contribution in [0.1, 0.15) is 43.1 Å². The van der Waals surface area contributed by atoms with Crippen LogP contribution in [0.3, 0.4) is 0 Å². The van der Waals surface area contributed by atoms with Crippen LogP contribution in [0.2, 0.25) is 0 Å². The highest BCUT2D eigenvalue weighted by molar-refractivity contribution is 5.92. The van der Waals surface area contributed by atoms with Crippen molar-refractivity contribution in [3.8, 4) is 0 Å². The summed E-state index contributed by atoms with van der Waals surface area (Å²) in [6.07, 6.45) is 4.36. The average Bonchev–Trinajstić information content (AvgIpc) is 2.85. The van der Waals surface area contributed by atoms with Gasteiger partial charge in [0.1, 0.15) is 0 Å². The number of carboxylic acids is 1. The average molecular weight is 252 g/mol. The second kappa shape index (κ2) is 4.75. The van der Waals surface area contributed by atoms with Crippen LogP contribution in [0.15, 0.2) is 6.20 Å². The first-order valence-corrected chi connectivity index (χ1v) is 5.94. The summed E-state index contributed by atoms with van der Waals surface area (Å²) in [6.45, 7) is 1.68. The lowest BCUT2D eigenvalue weighted by molar-refractivity contribution is -0.151. The van der Waals surface area contributed by atoms with Crippen LogP contribution in [0, 0.1) is 5.41 Å². The Morgan fingerprint density at radius 1 is 1.56 bits per heavy atom. The fourth-order valence-corrected chi connectivity index (χ4v) is 2.36. The fourth-order valence-electron chi connectivity index (χ4n) is 2.36. The van der Waals surface area contributed by atoms with Gasteiger partial charge < -0.3 is 10.4 Å². The summed E-state index contributed by atoms with van der Waals surface area (Å²) < 4.78 is 0. The van der Waals surface area contributed by atoms with E-state index in [1.807, 2.05) is 0 Å². The molecule has 1 amide bonds. The van der Waals surface area contributed by atoms with E-state index in [0.717, 1.165) is 12.8 Å². The molecule has 1 aromatic rings. The lowest BCUT2D eigenvalue weighted by Gasteiger charge is -2.38. The van der Waals surface area contributed by atoms with E-state index in [9.17, 15) is 14.7 Å². The highest BCUT2D eigenvalue weighted by Crippen LogP contribution is 2.36. The Kier molecular flexibility index (Phi) is 3.31. The molecule has 98 valence electrons. The molecule has 0 aliphatic heterocycles. The first kappa shape index (κ1) is 12.5. The molecule has 2 unspecified atom stereocenters. The number of hydrogen-bond acceptors (Lipinski definition) is 4. The monoisotopic (exact) mass is 252 g/mol. The van der Waals surface area contributed by atoms with E-state index < -0.39 is 11.4 Å². The number of rotatable bonds is 3. The standard InChI is InChI=1S/C11H16N4O3/c1-11(10(17)18)5-3-2-4-8(11)13-9(16)7-6-12-15-14-7/h6,8H,2-5H2,1H3,(H,13,16)(H,17,18)(H,12,14,15). The van der Waals surface area contributed by atoms with Crippen molar-refractivity contribution in [2.45, 2.75) is 38.6 Å². The molecular formula is C11H16N4O3. The first-order valence-electron chi connectivity index (χ1n) is 5.94. The van der Waals surface area contributed by atoms with Gasteiger partial charge in [0.05, 0.1) is 11.6 Å². The molecule has 0 bridgehead atoms. The number of carbonyl (C=O) groups is 2. The predicted molar refractivity (Wildman–Crippen MR) is 61.8 cm³/mol. The summed E-state index contributed by atoms with van der Waals surface area (Å²) in [7, 11) is 0. The van der Waals surface area contributed by atoms with Crippen LogP contribution in [0.5, 0.6) is 0 Å². The number of aromatic nitrogens is 3. The van der Waals surface area contributed by atoms with Gasteiger partial charge in [-0.1, -0.05) is 12.8 Å². The Morgan fingerprint density at radius 3 is 2.94 bits per heavy atom. The second-order valence-corrected chi connectivity index (χ2v) is 4.85. The molecule has 1 aromatic heterocycles. The Labute approximate surface area is 104 Å². The number of hydrogen-bond donors (Lipinski definition) is 3. The quantitative estimate of drug-likeness (QED) is 0.728. The highest BCUT2D eigenvalue weighted by Gasteiger charge is 2.44. The third-order valence-corrected chi connectivity index (χ3v) is 3.65. The van der Waals surface area contributed by atoms with Crippen LogP contribution in [0.4, 0.5) is 0 Å². The summed E-state index contributed by atoms with van der Waals surface area (Å²) in [5.41, 5.74) is -0.731. The van der Waals surface area contributed by atoms with Gasteiger partial charge in [-0.2, -0.15) is 15.4 Å². The number of H-pyrrole nitrogens is 1. The molecular weight excluding hydrogens is 236 g/mol. The molecule has 1 aliphatic carbocycles. The van der Waals surface area contributed by atoms with Gasteiger partial charge in [0.15, 0.2) is 5.69 Å². The zero-order valence-electron chi connectivity index (χ0n) is 10.1. The lowest BCUT2D eigenvalue weighted by Crippen LogP contribution is -2.52. The Bertz CT molecular complexity index is 445. The van der Waals surface area contributed by atoms with E-state index in [1.165, 1.54) is 6.20 Å². The third kappa shape index (κ3) is 2.20. The van der Waals surface area contributed by atoms with Crippen molar-refractivity contribution in [2.24, 2.45) is 5.41 Å². The van der Waals surface area contributed by atoms with Crippen molar-refractivity contribution in [2.75, 3.05) is 0 Å². The van der Waals surface area contributed by atoms with Crippen LogP contribution in [-0.2, 0) is 4.79 Å². The Morgan fingerprint density at radius 2 is 2.33 bits per heavy atom. The van der Waals surface area contributed by atoms with Gasteiger partial charge in [-0.15, -0.1) is 0 Å². The first-order chi connectivity index (χ1) is 8.54. The summed E-state index contributed by atoms with van der Waals surface area (Å²) in [4.78, 5) is 23.2. The zero-order chi connectivity index (χ0) is 13.2. The van der Waals surface area contributed by atoms with E-state index in [0.29, 0.717) is 12.8 Å². The fraction of sp³-hybridized carbons (Fsp3) is 0.636. The molecule has 7 nitrogen and oxygen atoms in total. The minimum absolute atomic E-state index is 0.174. The van der Waals surface area contributed by atoms with E-state index in [4.69, 9.17) is 0 Å². The number of nitrogens with zero attached hydrogens (tertiary/aromatic N) is 2. The summed E-state index contributed by atoms with van der Waals surface area (Å²) in [6, 6.07) is -0.368. The zero-order valence-corrected chi connectivity index (χ0v) is 10.1. The maximum Gasteiger partial charge on any atom is 0.311 e. The molecule has 2 atom stereocenters. The Hall–Kier alpha value is -1.92. The van der Waals surface area contributed by atoms with Crippen molar-refractivity contribution in [3.63, 3.8) is 0 Å². The minimum atomic E-state index is -0.905. The molecule has 0 aromatic carbocycles. The van der Waals surface area contributed by atoms with E-state index >= 15 is 0 Å². The SMILES string of the molecule is CC1(C(=O)O)CCCCC1NC(=O)c1cn[nH]n1. The number of aliphatic carboxylic acids is 1. The second-order valence-electron chi connectivity index (χ2n) is 4.85. The van der Waals surface area contributed by atoms with Crippen LogP contribution < -0.4 is 5.32 Å². The lowest BCUT2D eigenvalue weighted by atomic mass is 9.71. The number of nitrogens with one attached hydrogen (secondary N) is 2. The van der Waals surface area contributed by atoms with Gasteiger partial charge in [-0.25, -0.2) is 0 Å². The minimum Gasteiger partial charge on any atom is -0.481 e. The van der Waals surface area contributed by atoms with Gasteiger partial charge >= 0.3 is 5.97 Å². The van der Waals surface area contributed by atoms with Gasteiger partial charge in [0.25, 0.3) is 5.91 Å². The summed E-state index contributed by atoms with van der Waals surface area (Å²) in [5, 5.41) is 21.7. The van der Waals surface area contributed by atoms with Crippen LogP contribution in [0.25, 0.3) is 0 Å². The number of amides is 1. The van der Waals surface area contributed by atoms with Crippen molar-refractivity contribution >= 4 is 11.9 Å². The molecule has 1 heterocycles. The molecule has 0 radical (unpaired) electrons. The molecule has 0 spiro atoms. The Balaban J connectivity index is 2.11. The molecule has 1 saturated carbocycles. The maximum absolute atomic E-state index is 11.9. The topological polar surface area (TPSA) is 108 Å². The van der Waals surface area contributed by atoms with E-state index in [-0.39, 0.29) is 17.6 Å². The molecule has 3 N–H and O–H groups in total. The van der Waals surface area contributed by atoms with Crippen molar-refractivity contribution in [1.82, 2.24) is 20.7 Å². The van der Waals surface area contributed by atoms with E-state index in [2.05, 4.69) is 20.7 Å². The molecule has 2 rings (SSSR count). The van der Waals surface area contributed by atoms with Gasteiger partial charge in [0.2, 0.25) is 0 Å². The van der Waals surface area contributed by atoms with Crippen molar-refractivity contribution in [1.29, 1.82) is 0 Å². The van der Waals surface area contributed by atoms with Gasteiger partial charge in [-0.3, -0.25) is 9.59 Å². The smallest absolute Gasteiger partial charge is 0.311 e. The number of carbonyl (C=O) groups excluding carboxylic acids is 1. The number of carboxylic acid groups (broad SMARTS) is 1. The summed E-state index contributed by atoms with van der Waals surface area (Å²) >= 11 is 0. The maximum atomic E-state index is 11.9. The normalized spacial score (nSPS) is 27.7. The summed E-state index contributed by atoms with van der Waals surface area (Å²) in [5.74, 6) is -1.25.